The van der Waals surface area contributed by atoms with Crippen molar-refractivity contribution in [3.63, 3.8) is 0 Å². The Kier molecular flexibility index (Phi) is 14.5. The van der Waals surface area contributed by atoms with E-state index in [0.717, 1.165) is 50.4 Å². The van der Waals surface area contributed by atoms with E-state index in [1.54, 1.807) is 0 Å². The van der Waals surface area contributed by atoms with Crippen molar-refractivity contribution in [3.05, 3.63) is 71.8 Å². The first-order valence-electron chi connectivity index (χ1n) is 13.7. The molecule has 0 aliphatic rings. The van der Waals surface area contributed by atoms with Gasteiger partial charge in [-0.1, -0.05) is 37.1 Å². The van der Waals surface area contributed by atoms with Crippen molar-refractivity contribution in [2.24, 2.45) is 11.8 Å². The van der Waals surface area contributed by atoms with Crippen molar-refractivity contribution in [2.45, 2.75) is 80.1 Å². The first-order chi connectivity index (χ1) is 17.8. The number of rotatable bonds is 18. The molecule has 0 aliphatic heterocycles. The summed E-state index contributed by atoms with van der Waals surface area (Å²) in [7, 11) is 1.34. The van der Waals surface area contributed by atoms with E-state index in [2.05, 4.69) is 53.7 Å². The minimum atomic E-state index is 0.650. The highest BCUT2D eigenvalue weighted by molar-refractivity contribution is 6.20. The van der Waals surface area contributed by atoms with Crippen LogP contribution in [-0.4, -0.2) is 20.9 Å². The molecule has 0 amide bonds. The van der Waals surface area contributed by atoms with Gasteiger partial charge in [0, 0.05) is 0 Å². The minimum Gasteiger partial charge on any atom is -0.526 e. The summed E-state index contributed by atoms with van der Waals surface area (Å²) >= 11 is 0. The topological polar surface area (TPSA) is 36.9 Å². The largest absolute Gasteiger partial charge is 0.658 e. The Labute approximate surface area is 226 Å². The molecule has 0 saturated heterocycles. The molecule has 0 unspecified atom stereocenters. The quantitative estimate of drug-likeness (QED) is 0.150. The molecule has 2 rings (SSSR count). The van der Waals surface area contributed by atoms with E-state index in [0.29, 0.717) is 23.3 Å². The molecule has 0 aliphatic carbocycles. The van der Waals surface area contributed by atoms with Crippen LogP contribution in [0.4, 0.5) is 0 Å². The SMILES string of the molecule is CC(C)=CCC[C@@H](C)CCOc1ccc(O[B]Oc2ccc(OCC[C@H](C)CCC=C(C)C)cc2)cc1. The summed E-state index contributed by atoms with van der Waals surface area (Å²) in [4.78, 5) is 0. The molecule has 37 heavy (non-hydrogen) atoms. The van der Waals surface area contributed by atoms with Crippen molar-refractivity contribution in [2.75, 3.05) is 13.2 Å². The summed E-state index contributed by atoms with van der Waals surface area (Å²) in [5.74, 6) is 4.39. The van der Waals surface area contributed by atoms with Gasteiger partial charge in [-0.2, -0.15) is 0 Å². The maximum atomic E-state index is 5.88. The Morgan fingerprint density at radius 3 is 1.30 bits per heavy atom. The van der Waals surface area contributed by atoms with E-state index in [9.17, 15) is 0 Å². The van der Waals surface area contributed by atoms with Gasteiger partial charge in [-0.05, 0) is 127 Å². The van der Waals surface area contributed by atoms with E-state index >= 15 is 0 Å². The molecule has 0 saturated carbocycles. The molecular weight excluding hydrogens is 459 g/mol. The van der Waals surface area contributed by atoms with E-state index in [-0.39, 0.29) is 0 Å². The van der Waals surface area contributed by atoms with Gasteiger partial charge in [0.2, 0.25) is 0 Å². The Morgan fingerprint density at radius 2 is 0.946 bits per heavy atom. The minimum absolute atomic E-state index is 0.650. The molecule has 1 radical (unpaired) electrons. The zero-order valence-corrected chi connectivity index (χ0v) is 23.8. The van der Waals surface area contributed by atoms with E-state index in [1.807, 2.05) is 48.5 Å². The molecule has 2 aromatic rings. The highest BCUT2D eigenvalue weighted by atomic mass is 16.6. The van der Waals surface area contributed by atoms with E-state index in [4.69, 9.17) is 18.8 Å². The molecule has 0 N–H and O–H groups in total. The maximum Gasteiger partial charge on any atom is 0.658 e. The lowest BCUT2D eigenvalue weighted by molar-refractivity contribution is 0.279. The monoisotopic (exact) mass is 505 g/mol. The van der Waals surface area contributed by atoms with Crippen LogP contribution in [0, 0.1) is 11.8 Å². The number of hydrogen-bond acceptors (Lipinski definition) is 4. The smallest absolute Gasteiger partial charge is 0.526 e. The first kappa shape index (κ1) is 30.4. The molecule has 2 atom stereocenters. The molecule has 0 heterocycles. The van der Waals surface area contributed by atoms with E-state index in [1.165, 1.54) is 31.7 Å². The van der Waals surface area contributed by atoms with Crippen molar-refractivity contribution >= 4 is 7.69 Å². The number of ether oxygens (including phenoxy) is 2. The van der Waals surface area contributed by atoms with Gasteiger partial charge in [0.15, 0.2) is 0 Å². The average Bonchev–Trinajstić information content (AvgIpc) is 2.85. The van der Waals surface area contributed by atoms with Crippen LogP contribution in [0.25, 0.3) is 0 Å². The third-order valence-electron chi connectivity index (χ3n) is 6.20. The fourth-order valence-electron chi connectivity index (χ4n) is 3.72. The van der Waals surface area contributed by atoms with Crippen molar-refractivity contribution in [3.8, 4) is 23.0 Å². The Bertz CT molecular complexity index is 849. The second kappa shape index (κ2) is 17.6. The van der Waals surface area contributed by atoms with Crippen LogP contribution in [0.3, 0.4) is 0 Å². The van der Waals surface area contributed by atoms with Gasteiger partial charge in [0.05, 0.1) is 13.2 Å². The predicted octanol–water partition coefficient (Wildman–Crippen LogP) is 8.98. The lowest BCUT2D eigenvalue weighted by Crippen LogP contribution is -2.11. The third-order valence-corrected chi connectivity index (χ3v) is 6.20. The highest BCUT2D eigenvalue weighted by Gasteiger charge is 2.06. The predicted molar refractivity (Wildman–Crippen MR) is 156 cm³/mol. The molecule has 2 aromatic carbocycles. The molecular formula is C32H46BO4. The normalized spacial score (nSPS) is 12.2. The zero-order valence-electron chi connectivity index (χ0n) is 23.8. The van der Waals surface area contributed by atoms with Crippen LogP contribution in [0.2, 0.25) is 0 Å². The summed E-state index contributed by atoms with van der Waals surface area (Å²) < 4.78 is 23.0. The average molecular weight is 506 g/mol. The lowest BCUT2D eigenvalue weighted by Gasteiger charge is -2.12. The summed E-state index contributed by atoms with van der Waals surface area (Å²) in [5, 5.41) is 0. The molecule has 0 bridgehead atoms. The maximum absolute atomic E-state index is 5.88. The third kappa shape index (κ3) is 14.5. The van der Waals surface area contributed by atoms with Gasteiger partial charge >= 0.3 is 7.69 Å². The summed E-state index contributed by atoms with van der Waals surface area (Å²) in [6.07, 6.45) is 11.4. The zero-order chi connectivity index (χ0) is 26.9. The van der Waals surface area contributed by atoms with Crippen LogP contribution in [0.1, 0.15) is 80.1 Å². The van der Waals surface area contributed by atoms with Crippen LogP contribution in [0.5, 0.6) is 23.0 Å². The standard InChI is InChI=1S/C32H46BO4/c1-25(2)9-7-11-27(5)21-23-34-29-13-17-31(18-14-29)36-33-37-32-19-15-30(16-20-32)35-24-22-28(6)12-8-10-26(3)4/h9-10,13-20,27-28H,7-8,11-12,21-24H2,1-6H3/t27-,28-/m1/s1. The summed E-state index contributed by atoms with van der Waals surface area (Å²) in [5.41, 5.74) is 2.77. The van der Waals surface area contributed by atoms with Crippen LogP contribution in [-0.2, 0) is 0 Å². The second-order valence-corrected chi connectivity index (χ2v) is 10.5. The second-order valence-electron chi connectivity index (χ2n) is 10.5. The van der Waals surface area contributed by atoms with Crippen molar-refractivity contribution in [1.29, 1.82) is 0 Å². The highest BCUT2D eigenvalue weighted by Crippen LogP contribution is 2.21. The van der Waals surface area contributed by atoms with Crippen molar-refractivity contribution in [1.82, 2.24) is 0 Å². The van der Waals surface area contributed by atoms with Crippen LogP contribution < -0.4 is 18.8 Å². The van der Waals surface area contributed by atoms with Crippen molar-refractivity contribution < 1.29 is 18.8 Å². The molecule has 0 spiro atoms. The van der Waals surface area contributed by atoms with E-state index < -0.39 is 0 Å². The van der Waals surface area contributed by atoms with Gasteiger partial charge in [-0.3, -0.25) is 0 Å². The fraction of sp³-hybridized carbons (Fsp3) is 0.500. The number of allylic oxidation sites excluding steroid dienone is 4. The summed E-state index contributed by atoms with van der Waals surface area (Å²) in [6, 6.07) is 15.2. The Hall–Kier alpha value is -2.82. The fourth-order valence-corrected chi connectivity index (χ4v) is 3.72. The molecule has 5 heteroatoms. The van der Waals surface area contributed by atoms with Gasteiger partial charge in [0.1, 0.15) is 23.0 Å². The van der Waals surface area contributed by atoms with Crippen LogP contribution >= 0.6 is 0 Å². The molecule has 0 fully saturated rings. The van der Waals surface area contributed by atoms with Gasteiger partial charge < -0.3 is 18.8 Å². The van der Waals surface area contributed by atoms with Gasteiger partial charge in [0.25, 0.3) is 0 Å². The van der Waals surface area contributed by atoms with Gasteiger partial charge in [-0.15, -0.1) is 0 Å². The number of hydrogen-bond donors (Lipinski definition) is 0. The molecule has 201 valence electrons. The molecule has 0 aromatic heterocycles. The number of benzene rings is 2. The Balaban J connectivity index is 1.60. The van der Waals surface area contributed by atoms with Gasteiger partial charge in [-0.25, -0.2) is 0 Å². The summed E-state index contributed by atoms with van der Waals surface area (Å²) in [6.45, 7) is 14.6. The van der Waals surface area contributed by atoms with Crippen LogP contribution in [0.15, 0.2) is 71.8 Å². The molecule has 4 nitrogen and oxygen atoms in total. The lowest BCUT2D eigenvalue weighted by atomic mass is 10.0. The first-order valence-corrected chi connectivity index (χ1v) is 13.7. The Morgan fingerprint density at radius 1 is 0.595 bits per heavy atom.